The van der Waals surface area contributed by atoms with Gasteiger partial charge in [-0.25, -0.2) is 0 Å². The molecule has 1 heterocycles. The molecule has 0 N–H and O–H groups in total. The Labute approximate surface area is 118 Å². The minimum absolute atomic E-state index is 0.0508. The van der Waals surface area contributed by atoms with Gasteiger partial charge in [-0.3, -0.25) is 9.59 Å². The molecule has 6 nitrogen and oxygen atoms in total. The molecule has 0 radical (unpaired) electrons. The lowest BCUT2D eigenvalue weighted by molar-refractivity contribution is -0.178. The van der Waals surface area contributed by atoms with Gasteiger partial charge in [0.15, 0.2) is 5.79 Å². The zero-order chi connectivity index (χ0) is 14.9. The molecular formula is C14H22O6. The van der Waals surface area contributed by atoms with Crippen molar-refractivity contribution in [2.24, 2.45) is 5.92 Å². The molecule has 0 spiro atoms. The lowest BCUT2D eigenvalue weighted by Crippen LogP contribution is -2.32. The molecule has 2 aliphatic rings. The van der Waals surface area contributed by atoms with Gasteiger partial charge in [0.2, 0.25) is 0 Å². The van der Waals surface area contributed by atoms with Gasteiger partial charge in [0, 0.05) is 12.8 Å². The van der Waals surface area contributed by atoms with Crippen molar-refractivity contribution in [1.29, 1.82) is 0 Å². The number of rotatable bonds is 4. The Morgan fingerprint density at radius 2 is 1.90 bits per heavy atom. The minimum atomic E-state index is -0.721. The van der Waals surface area contributed by atoms with Crippen molar-refractivity contribution in [3.8, 4) is 0 Å². The van der Waals surface area contributed by atoms with Crippen molar-refractivity contribution in [2.45, 2.75) is 64.6 Å². The van der Waals surface area contributed by atoms with Crippen LogP contribution in [0.3, 0.4) is 0 Å². The van der Waals surface area contributed by atoms with Gasteiger partial charge in [0.05, 0.1) is 19.1 Å². The maximum atomic E-state index is 11.7. The summed E-state index contributed by atoms with van der Waals surface area (Å²) in [5.74, 6) is -1.38. The first-order valence-electron chi connectivity index (χ1n) is 7.01. The Morgan fingerprint density at radius 1 is 1.25 bits per heavy atom. The first-order chi connectivity index (χ1) is 9.32. The number of esters is 2. The van der Waals surface area contributed by atoms with E-state index in [-0.39, 0.29) is 42.6 Å². The fraction of sp³-hybridized carbons (Fsp3) is 0.857. The van der Waals surface area contributed by atoms with Crippen molar-refractivity contribution >= 4 is 11.9 Å². The van der Waals surface area contributed by atoms with Crippen molar-refractivity contribution < 1.29 is 28.5 Å². The Morgan fingerprint density at radius 3 is 2.50 bits per heavy atom. The topological polar surface area (TPSA) is 71.1 Å². The summed E-state index contributed by atoms with van der Waals surface area (Å²) in [4.78, 5) is 22.8. The van der Waals surface area contributed by atoms with Crippen molar-refractivity contribution in [3.05, 3.63) is 0 Å². The summed E-state index contributed by atoms with van der Waals surface area (Å²) < 4.78 is 21.9. The lowest BCUT2D eigenvalue weighted by Gasteiger charge is -2.23. The average molecular weight is 286 g/mol. The predicted octanol–water partition coefficient (Wildman–Crippen LogP) is 1.41. The van der Waals surface area contributed by atoms with Crippen LogP contribution in [-0.4, -0.2) is 42.6 Å². The maximum absolute atomic E-state index is 11.7. The molecule has 2 fully saturated rings. The highest BCUT2D eigenvalue weighted by molar-refractivity contribution is 5.70. The fourth-order valence-corrected chi connectivity index (χ4v) is 3.00. The van der Waals surface area contributed by atoms with Crippen LogP contribution >= 0.6 is 0 Å². The summed E-state index contributed by atoms with van der Waals surface area (Å²) in [5.41, 5.74) is 0. The molecule has 6 heteroatoms. The molecule has 20 heavy (non-hydrogen) atoms. The molecule has 0 amide bonds. The van der Waals surface area contributed by atoms with Crippen LogP contribution in [0.25, 0.3) is 0 Å². The van der Waals surface area contributed by atoms with E-state index in [4.69, 9.17) is 18.9 Å². The van der Waals surface area contributed by atoms with E-state index in [9.17, 15) is 9.59 Å². The predicted molar refractivity (Wildman–Crippen MR) is 68.7 cm³/mol. The second-order valence-electron chi connectivity index (χ2n) is 5.72. The van der Waals surface area contributed by atoms with E-state index in [1.54, 1.807) is 6.92 Å². The molecule has 0 bridgehead atoms. The Balaban J connectivity index is 2.06. The number of hydrogen-bond donors (Lipinski definition) is 0. The van der Waals surface area contributed by atoms with E-state index in [0.29, 0.717) is 13.0 Å². The van der Waals surface area contributed by atoms with Crippen LogP contribution < -0.4 is 0 Å². The molecule has 114 valence electrons. The number of carbonyl (C=O) groups excluding carboxylic acids is 2. The highest BCUT2D eigenvalue weighted by atomic mass is 16.8. The molecule has 1 aliphatic heterocycles. The van der Waals surface area contributed by atoms with Gasteiger partial charge in [-0.1, -0.05) is 0 Å². The normalized spacial score (nSPS) is 34.6. The van der Waals surface area contributed by atoms with Gasteiger partial charge in [0.1, 0.15) is 12.2 Å². The highest BCUT2D eigenvalue weighted by Crippen LogP contribution is 2.44. The Bertz CT molecular complexity index is 391. The molecular weight excluding hydrogens is 264 g/mol. The standard InChI is InChI=1S/C14H22O6/c1-5-17-11(16)7-9-6-10(18-8(2)15)13-12(9)19-14(3,4)20-13/h9-10,12-13H,5-7H2,1-4H3/t9-,10-,12+,13-/m1/s1. The van der Waals surface area contributed by atoms with E-state index < -0.39 is 5.79 Å². The molecule has 2 rings (SSSR count). The van der Waals surface area contributed by atoms with Gasteiger partial charge in [0.25, 0.3) is 0 Å². The number of ether oxygens (including phenoxy) is 4. The molecule has 0 aromatic heterocycles. The van der Waals surface area contributed by atoms with E-state index in [1.807, 2.05) is 13.8 Å². The van der Waals surface area contributed by atoms with Gasteiger partial charge in [-0.15, -0.1) is 0 Å². The summed E-state index contributed by atoms with van der Waals surface area (Å²) in [5, 5.41) is 0. The minimum Gasteiger partial charge on any atom is -0.466 e. The van der Waals surface area contributed by atoms with Gasteiger partial charge in [-0.05, 0) is 27.2 Å². The van der Waals surface area contributed by atoms with Crippen LogP contribution in [0, 0.1) is 5.92 Å². The zero-order valence-corrected chi connectivity index (χ0v) is 12.4. The SMILES string of the molecule is CCOC(=O)C[C@H]1C[C@@H](OC(C)=O)[C@H]2OC(C)(C)O[C@@H]12. The second kappa shape index (κ2) is 5.69. The molecule has 0 aromatic carbocycles. The smallest absolute Gasteiger partial charge is 0.306 e. The molecule has 1 saturated heterocycles. The Hall–Kier alpha value is -1.14. The summed E-state index contributed by atoms with van der Waals surface area (Å²) >= 11 is 0. The van der Waals surface area contributed by atoms with Crippen LogP contribution in [0.2, 0.25) is 0 Å². The summed E-state index contributed by atoms with van der Waals surface area (Å²) in [6.07, 6.45) is -0.0958. The zero-order valence-electron chi connectivity index (χ0n) is 12.4. The third kappa shape index (κ3) is 3.30. The fourth-order valence-electron chi connectivity index (χ4n) is 3.00. The second-order valence-corrected chi connectivity index (χ2v) is 5.72. The van der Waals surface area contributed by atoms with Crippen LogP contribution in [0.1, 0.15) is 40.5 Å². The molecule has 0 aromatic rings. The molecule has 1 saturated carbocycles. The van der Waals surface area contributed by atoms with E-state index in [0.717, 1.165) is 0 Å². The first-order valence-corrected chi connectivity index (χ1v) is 7.01. The summed E-state index contributed by atoms with van der Waals surface area (Å²) in [6, 6.07) is 0. The first kappa shape index (κ1) is 15.3. The van der Waals surface area contributed by atoms with Gasteiger partial charge in [-0.2, -0.15) is 0 Å². The van der Waals surface area contributed by atoms with Crippen LogP contribution in [-0.2, 0) is 28.5 Å². The summed E-state index contributed by atoms with van der Waals surface area (Å²) in [7, 11) is 0. The van der Waals surface area contributed by atoms with E-state index in [1.165, 1.54) is 6.92 Å². The highest BCUT2D eigenvalue weighted by Gasteiger charge is 2.55. The third-order valence-corrected chi connectivity index (χ3v) is 3.58. The molecule has 4 atom stereocenters. The lowest BCUT2D eigenvalue weighted by atomic mass is 10.0. The van der Waals surface area contributed by atoms with Gasteiger partial charge < -0.3 is 18.9 Å². The van der Waals surface area contributed by atoms with Gasteiger partial charge >= 0.3 is 11.9 Å². The largest absolute Gasteiger partial charge is 0.466 e. The molecule has 1 aliphatic carbocycles. The average Bonchev–Trinajstić information content (AvgIpc) is 2.75. The monoisotopic (exact) mass is 286 g/mol. The van der Waals surface area contributed by atoms with Crippen LogP contribution in [0.5, 0.6) is 0 Å². The quantitative estimate of drug-likeness (QED) is 0.728. The van der Waals surface area contributed by atoms with Crippen LogP contribution in [0.15, 0.2) is 0 Å². The molecule has 0 unspecified atom stereocenters. The van der Waals surface area contributed by atoms with Crippen molar-refractivity contribution in [3.63, 3.8) is 0 Å². The van der Waals surface area contributed by atoms with E-state index in [2.05, 4.69) is 0 Å². The number of carbonyl (C=O) groups is 2. The van der Waals surface area contributed by atoms with Crippen LogP contribution in [0.4, 0.5) is 0 Å². The Kier molecular flexibility index (Phi) is 4.34. The van der Waals surface area contributed by atoms with E-state index >= 15 is 0 Å². The maximum Gasteiger partial charge on any atom is 0.306 e. The summed E-state index contributed by atoms with van der Waals surface area (Å²) in [6.45, 7) is 7.13. The third-order valence-electron chi connectivity index (χ3n) is 3.58. The number of fused-ring (bicyclic) bond motifs is 1. The van der Waals surface area contributed by atoms with Crippen molar-refractivity contribution in [2.75, 3.05) is 6.61 Å². The van der Waals surface area contributed by atoms with Crippen molar-refractivity contribution in [1.82, 2.24) is 0 Å². The number of hydrogen-bond acceptors (Lipinski definition) is 6.